The molecular formula is C17H23F3N2O2S. The highest BCUT2D eigenvalue weighted by Crippen LogP contribution is 2.57. The third-order valence-electron chi connectivity index (χ3n) is 5.21. The highest BCUT2D eigenvalue weighted by Gasteiger charge is 2.63. The monoisotopic (exact) mass is 376 g/mol. The molecule has 8 heteroatoms. The molecule has 0 bridgehead atoms. The second-order valence-corrected chi connectivity index (χ2v) is 8.06. The van der Waals surface area contributed by atoms with Crippen LogP contribution in [0.4, 0.5) is 13.2 Å². The maximum absolute atomic E-state index is 12.9. The Morgan fingerprint density at radius 3 is 2.64 bits per heavy atom. The van der Waals surface area contributed by atoms with E-state index in [1.165, 1.54) is 0 Å². The zero-order valence-corrected chi connectivity index (χ0v) is 15.0. The maximum Gasteiger partial charge on any atom is 0.396 e. The zero-order chi connectivity index (χ0) is 18.1. The van der Waals surface area contributed by atoms with Gasteiger partial charge in [0.1, 0.15) is 0 Å². The average molecular weight is 376 g/mol. The first kappa shape index (κ1) is 18.6. The number of amides is 1. The van der Waals surface area contributed by atoms with Gasteiger partial charge in [-0.2, -0.15) is 13.2 Å². The smallest absolute Gasteiger partial charge is 0.377 e. The van der Waals surface area contributed by atoms with Crippen LogP contribution in [0.25, 0.3) is 0 Å². The van der Waals surface area contributed by atoms with Crippen molar-refractivity contribution in [1.82, 2.24) is 9.88 Å². The van der Waals surface area contributed by atoms with Crippen LogP contribution in [0.2, 0.25) is 0 Å². The number of likely N-dealkylation sites (tertiary alicyclic amines) is 1. The number of carbonyl (C=O) groups excluding carboxylic acids is 1. The Balaban J connectivity index is 1.40. The van der Waals surface area contributed by atoms with Crippen molar-refractivity contribution in [2.45, 2.75) is 57.2 Å². The molecule has 1 unspecified atom stereocenters. The Morgan fingerprint density at radius 1 is 1.44 bits per heavy atom. The minimum atomic E-state index is -4.21. The lowest BCUT2D eigenvalue weighted by atomic mass is 9.97. The fraction of sp³-hybridized carbons (Fsp3) is 0.765. The number of hydrogen-bond acceptors (Lipinski definition) is 4. The van der Waals surface area contributed by atoms with Gasteiger partial charge in [0.25, 0.3) is 0 Å². The molecule has 0 aromatic carbocycles. The Hall–Kier alpha value is -1.15. The highest BCUT2D eigenvalue weighted by molar-refractivity contribution is 7.09. The van der Waals surface area contributed by atoms with E-state index in [4.69, 9.17) is 4.74 Å². The lowest BCUT2D eigenvalue weighted by Gasteiger charge is -2.32. The van der Waals surface area contributed by atoms with Crippen molar-refractivity contribution in [3.8, 4) is 0 Å². The number of thiazole rings is 1. The first-order chi connectivity index (χ1) is 11.8. The molecule has 2 aliphatic rings. The largest absolute Gasteiger partial charge is 0.396 e. The number of rotatable bonds is 6. The minimum Gasteiger partial charge on any atom is -0.377 e. The topological polar surface area (TPSA) is 42.4 Å². The normalized spacial score (nSPS) is 22.0. The molecule has 3 rings (SSSR count). The first-order valence-corrected chi connectivity index (χ1v) is 9.54. The lowest BCUT2D eigenvalue weighted by molar-refractivity contribution is -0.205. The van der Waals surface area contributed by atoms with Gasteiger partial charge in [-0.1, -0.05) is 0 Å². The van der Waals surface area contributed by atoms with Crippen LogP contribution in [0.3, 0.4) is 0 Å². The fourth-order valence-corrected chi connectivity index (χ4v) is 4.02. The zero-order valence-electron chi connectivity index (χ0n) is 14.2. The predicted octanol–water partition coefficient (Wildman–Crippen LogP) is 3.99. The molecule has 0 radical (unpaired) electrons. The molecule has 1 amide bonds. The number of hydrogen-bond donors (Lipinski definition) is 0. The van der Waals surface area contributed by atoms with Crippen LogP contribution in [0.5, 0.6) is 0 Å². The molecule has 2 heterocycles. The summed E-state index contributed by atoms with van der Waals surface area (Å²) in [6.07, 6.45) is -0.765. The average Bonchev–Trinajstić information content (AvgIpc) is 3.19. The first-order valence-electron chi connectivity index (χ1n) is 8.66. The second kappa shape index (κ2) is 7.23. The third-order valence-corrected chi connectivity index (χ3v) is 6.15. The van der Waals surface area contributed by atoms with Crippen molar-refractivity contribution in [2.24, 2.45) is 5.41 Å². The summed E-state index contributed by atoms with van der Waals surface area (Å²) < 4.78 is 44.0. The van der Waals surface area contributed by atoms with Crippen molar-refractivity contribution in [3.63, 3.8) is 0 Å². The molecular weight excluding hydrogens is 353 g/mol. The summed E-state index contributed by atoms with van der Waals surface area (Å²) in [6, 6.07) is 0. The summed E-state index contributed by atoms with van der Waals surface area (Å²) >= 11 is 1.64. The van der Waals surface area contributed by atoms with Gasteiger partial charge in [-0.25, -0.2) is 4.98 Å². The van der Waals surface area contributed by atoms with Crippen LogP contribution in [0.1, 0.15) is 50.0 Å². The Bertz CT molecular complexity index is 579. The van der Waals surface area contributed by atoms with E-state index in [-0.39, 0.29) is 31.8 Å². The van der Waals surface area contributed by atoms with Crippen LogP contribution >= 0.6 is 11.3 Å². The number of nitrogens with zero attached hydrogens (tertiary/aromatic N) is 2. The summed E-state index contributed by atoms with van der Waals surface area (Å²) in [6.45, 7) is 2.67. The predicted molar refractivity (Wildman–Crippen MR) is 88.4 cm³/mol. The Labute approximate surface area is 149 Å². The van der Waals surface area contributed by atoms with E-state index >= 15 is 0 Å². The van der Waals surface area contributed by atoms with Gasteiger partial charge in [-0.15, -0.1) is 11.3 Å². The molecule has 1 saturated carbocycles. The van der Waals surface area contributed by atoms with E-state index in [1.807, 2.05) is 5.38 Å². The van der Waals surface area contributed by atoms with Gasteiger partial charge in [0.2, 0.25) is 5.91 Å². The molecule has 4 nitrogen and oxygen atoms in total. The van der Waals surface area contributed by atoms with Gasteiger partial charge >= 0.3 is 6.18 Å². The van der Waals surface area contributed by atoms with Crippen LogP contribution in [0.15, 0.2) is 11.6 Å². The molecule has 140 valence electrons. The summed E-state index contributed by atoms with van der Waals surface area (Å²) in [5.41, 5.74) is -1.67. The van der Waals surface area contributed by atoms with Crippen LogP contribution in [0, 0.1) is 5.41 Å². The lowest BCUT2D eigenvalue weighted by Crippen LogP contribution is -2.39. The van der Waals surface area contributed by atoms with E-state index < -0.39 is 17.7 Å². The number of halogens is 3. The summed E-state index contributed by atoms with van der Waals surface area (Å²) in [7, 11) is 0. The van der Waals surface area contributed by atoms with Gasteiger partial charge in [-0.3, -0.25) is 4.79 Å². The standard InChI is InChI=1S/C17H23F3N2O2S/c1-12(24-11-16(4-5-16)17(18,19)20)10-14(23)22-7-2-13(3-8-22)15-21-6-9-25-15/h6,9,12-13H,2-5,7-8,10-11H2,1H3. The molecule has 1 aromatic rings. The van der Waals surface area contributed by atoms with Crippen molar-refractivity contribution < 1.29 is 22.7 Å². The van der Waals surface area contributed by atoms with Crippen molar-refractivity contribution in [2.75, 3.05) is 19.7 Å². The minimum absolute atomic E-state index is 0.0399. The van der Waals surface area contributed by atoms with Gasteiger partial charge in [0, 0.05) is 30.6 Å². The Morgan fingerprint density at radius 2 is 2.12 bits per heavy atom. The number of piperidine rings is 1. The van der Waals surface area contributed by atoms with Crippen LogP contribution in [-0.2, 0) is 9.53 Å². The number of aromatic nitrogens is 1. The van der Waals surface area contributed by atoms with E-state index in [2.05, 4.69) is 4.98 Å². The van der Waals surface area contributed by atoms with Gasteiger partial charge < -0.3 is 9.64 Å². The van der Waals surface area contributed by atoms with E-state index in [0.29, 0.717) is 19.0 Å². The molecule has 0 spiro atoms. The molecule has 1 aromatic heterocycles. The quantitative estimate of drug-likeness (QED) is 0.754. The highest BCUT2D eigenvalue weighted by atomic mass is 32.1. The molecule has 2 fully saturated rings. The van der Waals surface area contributed by atoms with E-state index in [0.717, 1.165) is 17.8 Å². The Kier molecular flexibility index (Phi) is 5.39. The van der Waals surface area contributed by atoms with Crippen molar-refractivity contribution in [1.29, 1.82) is 0 Å². The van der Waals surface area contributed by atoms with Crippen LogP contribution in [-0.4, -0.2) is 47.8 Å². The number of ether oxygens (including phenoxy) is 1. The number of carbonyl (C=O) groups is 1. The molecule has 1 saturated heterocycles. The fourth-order valence-electron chi connectivity index (χ4n) is 3.21. The molecule has 1 atom stereocenters. The van der Waals surface area contributed by atoms with Crippen molar-refractivity contribution >= 4 is 17.2 Å². The summed E-state index contributed by atoms with van der Waals surface area (Å²) in [5, 5.41) is 3.07. The SMILES string of the molecule is CC(CC(=O)N1CCC(c2nccs2)CC1)OCC1(C(F)(F)F)CC1. The summed E-state index contributed by atoms with van der Waals surface area (Å²) in [5.74, 6) is 0.362. The van der Waals surface area contributed by atoms with Gasteiger partial charge in [-0.05, 0) is 32.6 Å². The van der Waals surface area contributed by atoms with Crippen molar-refractivity contribution in [3.05, 3.63) is 16.6 Å². The molecule has 25 heavy (non-hydrogen) atoms. The summed E-state index contributed by atoms with van der Waals surface area (Å²) in [4.78, 5) is 18.5. The molecule has 1 aliphatic carbocycles. The second-order valence-electron chi connectivity index (χ2n) is 7.13. The maximum atomic E-state index is 12.9. The van der Waals surface area contributed by atoms with Gasteiger partial charge in [0.05, 0.1) is 29.6 Å². The van der Waals surface area contributed by atoms with E-state index in [1.54, 1.807) is 29.4 Å². The third kappa shape index (κ3) is 4.34. The van der Waals surface area contributed by atoms with Crippen LogP contribution < -0.4 is 0 Å². The van der Waals surface area contributed by atoms with Gasteiger partial charge in [0.15, 0.2) is 0 Å². The molecule has 1 aliphatic heterocycles. The van der Waals surface area contributed by atoms with E-state index in [9.17, 15) is 18.0 Å². The number of alkyl halides is 3. The molecule has 0 N–H and O–H groups in total.